The first-order valence-corrected chi connectivity index (χ1v) is 7.17. The van der Waals surface area contributed by atoms with E-state index in [1.165, 1.54) is 6.08 Å². The Hall–Kier alpha value is -1.60. The first-order chi connectivity index (χ1) is 9.60. The van der Waals surface area contributed by atoms with Crippen molar-refractivity contribution in [1.29, 1.82) is 0 Å². The number of aromatic nitrogens is 1. The lowest BCUT2D eigenvalue weighted by atomic mass is 10.1. The fraction of sp³-hybridized carbons (Fsp3) is 0.385. The number of amides is 1. The second-order valence-electron chi connectivity index (χ2n) is 4.86. The first-order valence-electron chi connectivity index (χ1n) is 6.38. The highest BCUT2D eigenvalue weighted by molar-refractivity contribution is 9.10. The molecule has 0 radical (unpaired) electrons. The number of nitrogens with zero attached hydrogens (tertiary/aromatic N) is 3. The standard InChI is InChI=1S/C13H15BrN4O2/c1-2-11(19)17-3-4-18-10(7-17)13(20)16-9-5-8(14)6-15-12(9)18/h2,5-6,10,13,16,20H,1,3-4,7H2. The number of carbonyl (C=O) groups is 1. The van der Waals surface area contributed by atoms with Crippen LogP contribution in [-0.2, 0) is 4.79 Å². The van der Waals surface area contributed by atoms with E-state index in [-0.39, 0.29) is 11.9 Å². The van der Waals surface area contributed by atoms with Gasteiger partial charge in [-0.25, -0.2) is 4.98 Å². The van der Waals surface area contributed by atoms with Gasteiger partial charge in [0.25, 0.3) is 0 Å². The van der Waals surface area contributed by atoms with Crippen molar-refractivity contribution in [3.63, 3.8) is 0 Å². The lowest BCUT2D eigenvalue weighted by Crippen LogP contribution is -2.62. The number of halogens is 1. The summed E-state index contributed by atoms with van der Waals surface area (Å²) < 4.78 is 0.856. The van der Waals surface area contributed by atoms with Gasteiger partial charge in [-0.2, -0.15) is 0 Å². The van der Waals surface area contributed by atoms with Gasteiger partial charge in [0.05, 0.1) is 11.7 Å². The molecular weight excluding hydrogens is 324 g/mol. The van der Waals surface area contributed by atoms with Gasteiger partial charge in [-0.05, 0) is 28.1 Å². The van der Waals surface area contributed by atoms with Gasteiger partial charge in [0.2, 0.25) is 5.91 Å². The predicted molar refractivity (Wildman–Crippen MR) is 79.5 cm³/mol. The summed E-state index contributed by atoms with van der Waals surface area (Å²) in [5.74, 6) is 0.709. The van der Waals surface area contributed by atoms with Crippen LogP contribution < -0.4 is 10.2 Å². The maximum Gasteiger partial charge on any atom is 0.246 e. The van der Waals surface area contributed by atoms with Crippen LogP contribution in [0.2, 0.25) is 0 Å². The lowest BCUT2D eigenvalue weighted by Gasteiger charge is -2.47. The van der Waals surface area contributed by atoms with Gasteiger partial charge in [-0.3, -0.25) is 4.79 Å². The fourth-order valence-corrected chi connectivity index (χ4v) is 3.03. The largest absolute Gasteiger partial charge is 0.372 e. The fourth-order valence-electron chi connectivity index (χ4n) is 2.70. The molecule has 3 heterocycles. The van der Waals surface area contributed by atoms with E-state index < -0.39 is 6.23 Å². The maximum atomic E-state index is 11.7. The van der Waals surface area contributed by atoms with Crippen molar-refractivity contribution in [2.24, 2.45) is 0 Å². The molecule has 1 aromatic heterocycles. The number of carbonyl (C=O) groups excluding carboxylic acids is 1. The summed E-state index contributed by atoms with van der Waals surface area (Å²) in [4.78, 5) is 19.9. The van der Waals surface area contributed by atoms with Gasteiger partial charge in [0, 0.05) is 30.3 Å². The topological polar surface area (TPSA) is 68.7 Å². The molecule has 2 aliphatic heterocycles. The van der Waals surface area contributed by atoms with E-state index in [2.05, 4.69) is 37.7 Å². The van der Waals surface area contributed by atoms with Crippen LogP contribution in [0.5, 0.6) is 0 Å². The maximum absolute atomic E-state index is 11.7. The molecule has 0 spiro atoms. The number of aliphatic hydroxyl groups excluding tert-OH is 1. The normalized spacial score (nSPS) is 24.5. The number of fused-ring (bicyclic) bond motifs is 3. The van der Waals surface area contributed by atoms with Crippen molar-refractivity contribution in [2.45, 2.75) is 12.3 Å². The van der Waals surface area contributed by atoms with Crippen molar-refractivity contribution in [1.82, 2.24) is 9.88 Å². The van der Waals surface area contributed by atoms with Crippen molar-refractivity contribution in [3.05, 3.63) is 29.4 Å². The predicted octanol–water partition coefficient (Wildman–Crippen LogP) is 0.791. The summed E-state index contributed by atoms with van der Waals surface area (Å²) in [5.41, 5.74) is 0.798. The molecule has 7 heteroatoms. The molecule has 0 saturated carbocycles. The summed E-state index contributed by atoms with van der Waals surface area (Å²) in [6.45, 7) is 5.20. The Balaban J connectivity index is 1.89. The van der Waals surface area contributed by atoms with Gasteiger partial charge < -0.3 is 20.2 Å². The molecule has 3 rings (SSSR count). The van der Waals surface area contributed by atoms with E-state index in [4.69, 9.17) is 0 Å². The van der Waals surface area contributed by atoms with Crippen molar-refractivity contribution >= 4 is 33.3 Å². The number of hydrogen-bond donors (Lipinski definition) is 2. The smallest absolute Gasteiger partial charge is 0.246 e. The van der Waals surface area contributed by atoms with E-state index in [1.807, 2.05) is 6.07 Å². The third-order valence-electron chi connectivity index (χ3n) is 3.68. The molecule has 0 aromatic carbocycles. The highest BCUT2D eigenvalue weighted by Gasteiger charge is 2.38. The van der Waals surface area contributed by atoms with E-state index in [0.717, 1.165) is 16.0 Å². The molecule has 20 heavy (non-hydrogen) atoms. The minimum atomic E-state index is -0.737. The number of nitrogens with one attached hydrogen (secondary N) is 1. The Labute approximate surface area is 125 Å². The zero-order valence-corrected chi connectivity index (χ0v) is 12.4. The van der Waals surface area contributed by atoms with Crippen LogP contribution in [0.1, 0.15) is 0 Å². The third kappa shape index (κ3) is 2.16. The quantitative estimate of drug-likeness (QED) is 0.741. The molecule has 1 fully saturated rings. The molecular formula is C13H15BrN4O2. The number of pyridine rings is 1. The van der Waals surface area contributed by atoms with E-state index in [0.29, 0.717) is 19.6 Å². The Morgan fingerprint density at radius 1 is 1.60 bits per heavy atom. The highest BCUT2D eigenvalue weighted by atomic mass is 79.9. The van der Waals surface area contributed by atoms with Crippen molar-refractivity contribution in [2.75, 3.05) is 29.9 Å². The Morgan fingerprint density at radius 3 is 3.15 bits per heavy atom. The number of anilines is 2. The summed E-state index contributed by atoms with van der Waals surface area (Å²) in [6, 6.07) is 1.69. The van der Waals surface area contributed by atoms with Gasteiger partial charge in [0.15, 0.2) is 5.82 Å². The van der Waals surface area contributed by atoms with Crippen molar-refractivity contribution in [3.8, 4) is 0 Å². The highest BCUT2D eigenvalue weighted by Crippen LogP contribution is 2.34. The van der Waals surface area contributed by atoms with Crippen LogP contribution in [0.15, 0.2) is 29.4 Å². The minimum absolute atomic E-state index is 0.105. The summed E-state index contributed by atoms with van der Waals surface area (Å²) in [5, 5.41) is 13.3. The molecule has 106 valence electrons. The Morgan fingerprint density at radius 2 is 2.40 bits per heavy atom. The van der Waals surface area contributed by atoms with Crippen LogP contribution in [0.3, 0.4) is 0 Å². The van der Waals surface area contributed by atoms with Gasteiger partial charge in [-0.1, -0.05) is 6.58 Å². The van der Waals surface area contributed by atoms with Crippen LogP contribution in [0.4, 0.5) is 11.5 Å². The average Bonchev–Trinajstić information content (AvgIpc) is 2.46. The van der Waals surface area contributed by atoms with E-state index in [9.17, 15) is 9.90 Å². The molecule has 6 nitrogen and oxygen atoms in total. The van der Waals surface area contributed by atoms with Crippen LogP contribution in [-0.4, -0.2) is 52.8 Å². The monoisotopic (exact) mass is 338 g/mol. The van der Waals surface area contributed by atoms with Crippen LogP contribution in [0, 0.1) is 0 Å². The number of hydrogen-bond acceptors (Lipinski definition) is 5. The van der Waals surface area contributed by atoms with Gasteiger partial charge in [0.1, 0.15) is 6.23 Å². The zero-order chi connectivity index (χ0) is 14.3. The molecule has 2 atom stereocenters. The Bertz CT molecular complexity index is 565. The van der Waals surface area contributed by atoms with Crippen LogP contribution >= 0.6 is 15.9 Å². The van der Waals surface area contributed by atoms with Crippen LogP contribution in [0.25, 0.3) is 0 Å². The molecule has 1 saturated heterocycles. The van der Waals surface area contributed by atoms with Crippen molar-refractivity contribution < 1.29 is 9.90 Å². The first kappa shape index (κ1) is 13.4. The third-order valence-corrected chi connectivity index (χ3v) is 4.11. The average molecular weight is 339 g/mol. The molecule has 2 N–H and O–H groups in total. The number of rotatable bonds is 1. The molecule has 1 amide bonds. The zero-order valence-electron chi connectivity index (χ0n) is 10.8. The van der Waals surface area contributed by atoms with E-state index in [1.54, 1.807) is 11.1 Å². The SMILES string of the molecule is C=CC(=O)N1CCN2c3ncc(Br)cc3NC(O)C2C1. The van der Waals surface area contributed by atoms with E-state index >= 15 is 0 Å². The summed E-state index contributed by atoms with van der Waals surface area (Å²) >= 11 is 3.37. The molecule has 2 aliphatic rings. The van der Waals surface area contributed by atoms with Gasteiger partial charge in [-0.15, -0.1) is 0 Å². The molecule has 0 aliphatic carbocycles. The molecule has 0 bridgehead atoms. The molecule has 1 aromatic rings. The molecule has 2 unspecified atom stereocenters. The second kappa shape index (κ2) is 5.06. The second-order valence-corrected chi connectivity index (χ2v) is 5.78. The summed E-state index contributed by atoms with van der Waals surface area (Å²) in [7, 11) is 0. The summed E-state index contributed by atoms with van der Waals surface area (Å²) in [6.07, 6.45) is 2.30. The number of aliphatic hydroxyl groups is 1. The Kier molecular flexibility index (Phi) is 3.39. The van der Waals surface area contributed by atoms with Gasteiger partial charge >= 0.3 is 0 Å². The number of piperazine rings is 1. The lowest BCUT2D eigenvalue weighted by molar-refractivity contribution is -0.127. The minimum Gasteiger partial charge on any atom is -0.372 e.